The van der Waals surface area contributed by atoms with Gasteiger partial charge in [-0.15, -0.1) is 0 Å². The van der Waals surface area contributed by atoms with E-state index >= 15 is 0 Å². The molecule has 2 saturated carbocycles. The zero-order valence-corrected chi connectivity index (χ0v) is 14.2. The van der Waals surface area contributed by atoms with Gasteiger partial charge in [0.15, 0.2) is 5.79 Å². The summed E-state index contributed by atoms with van der Waals surface area (Å²) in [6, 6.07) is 9.64. The molecule has 25 heavy (non-hydrogen) atoms. The number of benzene rings is 1. The van der Waals surface area contributed by atoms with Gasteiger partial charge in [-0.1, -0.05) is 36.8 Å². The average molecular weight is 350 g/mol. The van der Waals surface area contributed by atoms with Crippen molar-refractivity contribution in [2.75, 3.05) is 0 Å². The minimum absolute atomic E-state index is 0.297. The Morgan fingerprint density at radius 3 is 2.28 bits per heavy atom. The van der Waals surface area contributed by atoms with Gasteiger partial charge in [0.1, 0.15) is 36.6 Å². The molecule has 0 amide bonds. The molecular weight excluding hydrogens is 324 g/mol. The van der Waals surface area contributed by atoms with E-state index < -0.39 is 42.4 Å². The van der Waals surface area contributed by atoms with Crippen molar-refractivity contribution in [3.05, 3.63) is 35.9 Å². The molecule has 1 saturated heterocycles. The van der Waals surface area contributed by atoms with Gasteiger partial charge in [0.25, 0.3) is 0 Å². The standard InChI is InChI=1S/C19H26O6/c20-13-14(21)16(23-11-12-7-3-1-4-8-12)18-17(15(13)22)24-19(25-18)9-5-2-6-10-19/h1,3-4,7-8,13-18,20-22H,2,5-6,9-11H2/t13-,14-,15+,16+,17+,18-/m1/s1. The molecule has 2 aliphatic carbocycles. The van der Waals surface area contributed by atoms with Crippen LogP contribution in [0.1, 0.15) is 37.7 Å². The first-order valence-corrected chi connectivity index (χ1v) is 9.15. The lowest BCUT2D eigenvalue weighted by Crippen LogP contribution is -2.63. The molecular formula is C19H26O6. The lowest BCUT2D eigenvalue weighted by atomic mass is 9.85. The Morgan fingerprint density at radius 1 is 0.880 bits per heavy atom. The molecule has 1 aromatic rings. The van der Waals surface area contributed by atoms with Crippen LogP contribution in [0.3, 0.4) is 0 Å². The van der Waals surface area contributed by atoms with Crippen LogP contribution in [0.2, 0.25) is 0 Å². The van der Waals surface area contributed by atoms with E-state index in [1.54, 1.807) is 0 Å². The maximum Gasteiger partial charge on any atom is 0.169 e. The molecule has 0 radical (unpaired) electrons. The SMILES string of the molecule is O[C@@H]1[C@@H](O)[C@H](OCc2ccccc2)[C@H]2OC3(CCCCC3)O[C@H]2[C@H]1O. The molecule has 0 unspecified atom stereocenters. The second-order valence-corrected chi connectivity index (χ2v) is 7.37. The average Bonchev–Trinajstić information content (AvgIpc) is 3.00. The molecule has 6 atom stereocenters. The second kappa shape index (κ2) is 6.95. The highest BCUT2D eigenvalue weighted by Crippen LogP contribution is 2.45. The first kappa shape index (κ1) is 17.4. The molecule has 0 aromatic heterocycles. The van der Waals surface area contributed by atoms with E-state index in [0.29, 0.717) is 6.61 Å². The highest BCUT2D eigenvalue weighted by Gasteiger charge is 2.60. The summed E-state index contributed by atoms with van der Waals surface area (Å²) in [5.74, 6) is -0.716. The van der Waals surface area contributed by atoms with Gasteiger partial charge in [0, 0.05) is 12.8 Å². The smallest absolute Gasteiger partial charge is 0.169 e. The number of fused-ring (bicyclic) bond motifs is 1. The van der Waals surface area contributed by atoms with Crippen LogP contribution < -0.4 is 0 Å². The number of aliphatic hydroxyl groups excluding tert-OH is 3. The lowest BCUT2D eigenvalue weighted by molar-refractivity contribution is -0.212. The van der Waals surface area contributed by atoms with Gasteiger partial charge in [-0.05, 0) is 18.4 Å². The summed E-state index contributed by atoms with van der Waals surface area (Å²) in [5.41, 5.74) is 0.971. The molecule has 1 aromatic carbocycles. The lowest BCUT2D eigenvalue weighted by Gasteiger charge is -2.41. The van der Waals surface area contributed by atoms with Crippen LogP contribution in [0.15, 0.2) is 30.3 Å². The van der Waals surface area contributed by atoms with Crippen molar-refractivity contribution in [2.45, 2.75) is 81.1 Å². The molecule has 3 fully saturated rings. The number of hydrogen-bond donors (Lipinski definition) is 3. The summed E-state index contributed by atoms with van der Waals surface area (Å²) in [6.45, 7) is 0.297. The molecule has 1 spiro atoms. The van der Waals surface area contributed by atoms with Crippen molar-refractivity contribution in [3.8, 4) is 0 Å². The summed E-state index contributed by atoms with van der Waals surface area (Å²) in [5, 5.41) is 31.0. The quantitative estimate of drug-likeness (QED) is 0.757. The highest BCUT2D eigenvalue weighted by atomic mass is 16.8. The molecule has 0 bridgehead atoms. The Morgan fingerprint density at radius 2 is 1.56 bits per heavy atom. The normalized spacial score (nSPS) is 40.1. The van der Waals surface area contributed by atoms with E-state index in [-0.39, 0.29) is 0 Å². The van der Waals surface area contributed by atoms with E-state index in [0.717, 1.165) is 37.7 Å². The van der Waals surface area contributed by atoms with Gasteiger partial charge in [0.05, 0.1) is 6.61 Å². The van der Waals surface area contributed by atoms with Gasteiger partial charge in [-0.3, -0.25) is 0 Å². The number of ether oxygens (including phenoxy) is 3. The van der Waals surface area contributed by atoms with Crippen molar-refractivity contribution in [1.82, 2.24) is 0 Å². The van der Waals surface area contributed by atoms with Crippen LogP contribution in [0.25, 0.3) is 0 Å². The van der Waals surface area contributed by atoms with Crippen molar-refractivity contribution < 1.29 is 29.5 Å². The Labute approximate surface area is 147 Å². The second-order valence-electron chi connectivity index (χ2n) is 7.37. The van der Waals surface area contributed by atoms with Crippen LogP contribution in [-0.4, -0.2) is 57.7 Å². The van der Waals surface area contributed by atoms with Gasteiger partial charge in [-0.25, -0.2) is 0 Å². The van der Waals surface area contributed by atoms with Gasteiger partial charge < -0.3 is 29.5 Å². The summed E-state index contributed by atoms with van der Waals surface area (Å²) in [4.78, 5) is 0. The Balaban J connectivity index is 1.52. The minimum atomic E-state index is -1.32. The van der Waals surface area contributed by atoms with E-state index in [2.05, 4.69) is 0 Å². The van der Waals surface area contributed by atoms with Crippen LogP contribution >= 0.6 is 0 Å². The minimum Gasteiger partial charge on any atom is -0.387 e. The van der Waals surface area contributed by atoms with Gasteiger partial charge >= 0.3 is 0 Å². The third kappa shape index (κ3) is 3.23. The summed E-state index contributed by atoms with van der Waals surface area (Å²) >= 11 is 0. The van der Waals surface area contributed by atoms with Crippen molar-refractivity contribution >= 4 is 0 Å². The Bertz CT molecular complexity index is 573. The largest absolute Gasteiger partial charge is 0.387 e. The molecule has 4 rings (SSSR count). The summed E-state index contributed by atoms with van der Waals surface area (Å²) < 4.78 is 18.2. The van der Waals surface area contributed by atoms with Crippen LogP contribution in [0.5, 0.6) is 0 Å². The van der Waals surface area contributed by atoms with Gasteiger partial charge in [0.2, 0.25) is 0 Å². The summed E-state index contributed by atoms with van der Waals surface area (Å²) in [7, 11) is 0. The van der Waals surface area contributed by atoms with Gasteiger partial charge in [-0.2, -0.15) is 0 Å². The fraction of sp³-hybridized carbons (Fsp3) is 0.684. The number of hydrogen-bond acceptors (Lipinski definition) is 6. The van der Waals surface area contributed by atoms with Crippen LogP contribution in [0.4, 0.5) is 0 Å². The molecule has 138 valence electrons. The molecule has 3 N–H and O–H groups in total. The number of aliphatic hydroxyl groups is 3. The molecule has 6 heteroatoms. The zero-order valence-electron chi connectivity index (χ0n) is 14.2. The molecule has 1 aliphatic heterocycles. The van der Waals surface area contributed by atoms with Crippen LogP contribution in [0, 0.1) is 0 Å². The van der Waals surface area contributed by atoms with Crippen molar-refractivity contribution in [3.63, 3.8) is 0 Å². The Hall–Kier alpha value is -1.02. The Kier molecular flexibility index (Phi) is 4.83. The first-order valence-electron chi connectivity index (χ1n) is 9.15. The van der Waals surface area contributed by atoms with E-state index in [1.165, 1.54) is 0 Å². The maximum atomic E-state index is 10.4. The monoisotopic (exact) mass is 350 g/mol. The summed E-state index contributed by atoms with van der Waals surface area (Å²) in [6.07, 6.45) is -1.03. The van der Waals surface area contributed by atoms with E-state index in [1.807, 2.05) is 30.3 Å². The maximum absolute atomic E-state index is 10.4. The molecule has 3 aliphatic rings. The molecule has 1 heterocycles. The molecule has 6 nitrogen and oxygen atoms in total. The third-order valence-corrected chi connectivity index (χ3v) is 5.62. The van der Waals surface area contributed by atoms with Crippen LogP contribution in [-0.2, 0) is 20.8 Å². The predicted molar refractivity (Wildman–Crippen MR) is 88.6 cm³/mol. The topological polar surface area (TPSA) is 88.4 Å². The third-order valence-electron chi connectivity index (χ3n) is 5.62. The van der Waals surface area contributed by atoms with Crippen molar-refractivity contribution in [2.24, 2.45) is 0 Å². The van der Waals surface area contributed by atoms with E-state index in [9.17, 15) is 15.3 Å². The first-order chi connectivity index (χ1) is 12.1. The number of rotatable bonds is 3. The van der Waals surface area contributed by atoms with Crippen molar-refractivity contribution in [1.29, 1.82) is 0 Å². The predicted octanol–water partition coefficient (Wildman–Crippen LogP) is 1.11. The zero-order chi connectivity index (χ0) is 17.4. The fourth-order valence-corrected chi connectivity index (χ4v) is 4.25. The van der Waals surface area contributed by atoms with E-state index in [4.69, 9.17) is 14.2 Å². The fourth-order valence-electron chi connectivity index (χ4n) is 4.25. The highest BCUT2D eigenvalue weighted by molar-refractivity contribution is 5.14.